The Balaban J connectivity index is 1.58. The number of fused-ring (bicyclic) bond motifs is 1. The fourth-order valence-corrected chi connectivity index (χ4v) is 4.11. The zero-order valence-electron chi connectivity index (χ0n) is 20.1. The molecule has 0 spiro atoms. The fraction of sp³-hybridized carbons (Fsp3) is 0.259. The number of nitrogens with one attached hydrogen (secondary N) is 1. The maximum atomic E-state index is 12.8. The number of benzene rings is 3. The van der Waals surface area contributed by atoms with Gasteiger partial charge in [0.1, 0.15) is 17.3 Å². The Kier molecular flexibility index (Phi) is 7.80. The number of carboxylic acid groups (broad SMARTS) is 1. The van der Waals surface area contributed by atoms with Crippen LogP contribution in [0.25, 0.3) is 16.7 Å². The number of aliphatic carboxylic acids is 1. The van der Waals surface area contributed by atoms with Gasteiger partial charge in [-0.15, -0.1) is 0 Å². The molecule has 0 aliphatic heterocycles. The SMILES string of the molecule is CC(NC(CN)CCC(=O)O)c1nc2ccccc2n1-c1ccc(Oc2ccc(C(F)(F)F)cc2)cc1. The molecule has 0 aliphatic carbocycles. The maximum absolute atomic E-state index is 12.8. The Hall–Kier alpha value is -3.89. The monoisotopic (exact) mass is 512 g/mol. The number of halogens is 3. The number of carbonyl (C=O) groups is 1. The summed E-state index contributed by atoms with van der Waals surface area (Å²) in [6.45, 7) is 2.23. The summed E-state index contributed by atoms with van der Waals surface area (Å²) in [6.07, 6.45) is -4.00. The molecule has 0 aliphatic rings. The van der Waals surface area contributed by atoms with Crippen molar-refractivity contribution in [2.24, 2.45) is 5.73 Å². The van der Waals surface area contributed by atoms with Crippen molar-refractivity contribution in [3.8, 4) is 17.2 Å². The van der Waals surface area contributed by atoms with E-state index in [0.29, 0.717) is 17.9 Å². The first kappa shape index (κ1) is 26.2. The second-order valence-corrected chi connectivity index (χ2v) is 8.67. The van der Waals surface area contributed by atoms with Gasteiger partial charge in [-0.05, 0) is 74.0 Å². The molecule has 0 saturated heterocycles. The molecule has 194 valence electrons. The lowest BCUT2D eigenvalue weighted by Crippen LogP contribution is -2.38. The van der Waals surface area contributed by atoms with Gasteiger partial charge in [0.2, 0.25) is 0 Å². The minimum absolute atomic E-state index is 0.0123. The molecule has 3 aromatic carbocycles. The number of nitrogens with two attached hydrogens (primary N) is 1. The van der Waals surface area contributed by atoms with Crippen LogP contribution in [-0.4, -0.2) is 33.2 Å². The van der Waals surface area contributed by atoms with E-state index in [9.17, 15) is 18.0 Å². The molecule has 0 radical (unpaired) electrons. The average Bonchev–Trinajstić information content (AvgIpc) is 3.26. The van der Waals surface area contributed by atoms with Crippen LogP contribution < -0.4 is 15.8 Å². The van der Waals surface area contributed by atoms with E-state index in [2.05, 4.69) is 5.32 Å². The maximum Gasteiger partial charge on any atom is 0.416 e. The summed E-state index contributed by atoms with van der Waals surface area (Å²) >= 11 is 0. The summed E-state index contributed by atoms with van der Waals surface area (Å²) in [5.41, 5.74) is 7.62. The lowest BCUT2D eigenvalue weighted by atomic mass is 10.1. The lowest BCUT2D eigenvalue weighted by Gasteiger charge is -2.22. The second kappa shape index (κ2) is 11.0. The number of alkyl halides is 3. The van der Waals surface area contributed by atoms with E-state index >= 15 is 0 Å². The van der Waals surface area contributed by atoms with Gasteiger partial charge in [-0.25, -0.2) is 4.98 Å². The Morgan fingerprint density at radius 3 is 2.27 bits per heavy atom. The molecule has 7 nitrogen and oxygen atoms in total. The topological polar surface area (TPSA) is 102 Å². The van der Waals surface area contributed by atoms with Crippen LogP contribution in [0.2, 0.25) is 0 Å². The van der Waals surface area contributed by atoms with Gasteiger partial charge in [0, 0.05) is 24.7 Å². The van der Waals surface area contributed by atoms with Crippen molar-refractivity contribution in [2.75, 3.05) is 6.54 Å². The summed E-state index contributed by atoms with van der Waals surface area (Å²) < 4.78 is 46.1. The molecule has 4 aromatic rings. The fourth-order valence-electron chi connectivity index (χ4n) is 4.11. The number of rotatable bonds is 10. The van der Waals surface area contributed by atoms with E-state index < -0.39 is 17.7 Å². The predicted octanol–water partition coefficient (Wildman–Crippen LogP) is 5.68. The highest BCUT2D eigenvalue weighted by Crippen LogP contribution is 2.32. The molecule has 0 fully saturated rings. The number of hydrogen-bond acceptors (Lipinski definition) is 5. The average molecular weight is 513 g/mol. The largest absolute Gasteiger partial charge is 0.481 e. The summed E-state index contributed by atoms with van der Waals surface area (Å²) in [5, 5.41) is 12.4. The minimum Gasteiger partial charge on any atom is -0.481 e. The lowest BCUT2D eigenvalue weighted by molar-refractivity contribution is -0.138. The van der Waals surface area contributed by atoms with Crippen LogP contribution in [0.1, 0.15) is 37.2 Å². The van der Waals surface area contributed by atoms with Gasteiger partial charge >= 0.3 is 12.1 Å². The van der Waals surface area contributed by atoms with E-state index in [4.69, 9.17) is 20.6 Å². The molecular formula is C27H27F3N4O3. The molecule has 4 N–H and O–H groups in total. The van der Waals surface area contributed by atoms with E-state index in [1.807, 2.05) is 47.9 Å². The number of aromatic nitrogens is 2. The number of ether oxygens (including phenoxy) is 1. The summed E-state index contributed by atoms with van der Waals surface area (Å²) in [5.74, 6) is 0.615. The van der Waals surface area contributed by atoms with Crippen LogP contribution in [0.4, 0.5) is 13.2 Å². The van der Waals surface area contributed by atoms with Crippen LogP contribution >= 0.6 is 0 Å². The molecule has 0 saturated carbocycles. The highest BCUT2D eigenvalue weighted by Gasteiger charge is 2.30. The number of para-hydroxylation sites is 2. The van der Waals surface area contributed by atoms with Crippen LogP contribution in [-0.2, 0) is 11.0 Å². The molecule has 2 unspecified atom stereocenters. The van der Waals surface area contributed by atoms with Crippen molar-refractivity contribution in [3.05, 3.63) is 84.2 Å². The highest BCUT2D eigenvalue weighted by molar-refractivity contribution is 5.78. The number of carboxylic acids is 1. The van der Waals surface area contributed by atoms with Gasteiger partial charge in [-0.2, -0.15) is 13.2 Å². The summed E-state index contributed by atoms with van der Waals surface area (Å²) in [6, 6.07) is 18.9. The van der Waals surface area contributed by atoms with Crippen LogP contribution in [0, 0.1) is 0 Å². The molecule has 10 heteroatoms. The minimum atomic E-state index is -4.40. The molecular weight excluding hydrogens is 485 g/mol. The first-order valence-electron chi connectivity index (χ1n) is 11.8. The van der Waals surface area contributed by atoms with Crippen molar-refractivity contribution < 1.29 is 27.8 Å². The Labute approximate surface area is 211 Å². The Morgan fingerprint density at radius 1 is 1.05 bits per heavy atom. The van der Waals surface area contributed by atoms with Gasteiger partial charge in [0.15, 0.2) is 0 Å². The second-order valence-electron chi connectivity index (χ2n) is 8.67. The van der Waals surface area contributed by atoms with Gasteiger partial charge in [-0.1, -0.05) is 12.1 Å². The molecule has 0 bridgehead atoms. The zero-order chi connectivity index (χ0) is 26.6. The Bertz CT molecular complexity index is 1350. The van der Waals surface area contributed by atoms with E-state index in [0.717, 1.165) is 34.7 Å². The number of nitrogens with zero attached hydrogens (tertiary/aromatic N) is 2. The van der Waals surface area contributed by atoms with Crippen molar-refractivity contribution in [1.82, 2.24) is 14.9 Å². The van der Waals surface area contributed by atoms with Crippen molar-refractivity contribution in [3.63, 3.8) is 0 Å². The van der Waals surface area contributed by atoms with Crippen molar-refractivity contribution in [2.45, 2.75) is 38.0 Å². The number of imidazole rings is 1. The first-order valence-corrected chi connectivity index (χ1v) is 11.8. The van der Waals surface area contributed by atoms with Crippen LogP contribution in [0.5, 0.6) is 11.5 Å². The highest BCUT2D eigenvalue weighted by atomic mass is 19.4. The third-order valence-corrected chi connectivity index (χ3v) is 5.96. The van der Waals surface area contributed by atoms with Gasteiger partial charge in [0.25, 0.3) is 0 Å². The molecule has 37 heavy (non-hydrogen) atoms. The normalized spacial score (nSPS) is 13.4. The number of hydrogen-bond donors (Lipinski definition) is 3. The zero-order valence-corrected chi connectivity index (χ0v) is 20.1. The quantitative estimate of drug-likeness (QED) is 0.253. The van der Waals surface area contributed by atoms with Gasteiger partial charge in [-0.3, -0.25) is 9.36 Å². The van der Waals surface area contributed by atoms with Crippen LogP contribution in [0.3, 0.4) is 0 Å². The summed E-state index contributed by atoms with van der Waals surface area (Å²) in [4.78, 5) is 15.8. The molecule has 4 rings (SSSR count). The van der Waals surface area contributed by atoms with Gasteiger partial charge in [0.05, 0.1) is 22.6 Å². The third kappa shape index (κ3) is 6.28. The molecule has 0 amide bonds. The summed E-state index contributed by atoms with van der Waals surface area (Å²) in [7, 11) is 0. The first-order chi connectivity index (χ1) is 17.7. The third-order valence-electron chi connectivity index (χ3n) is 5.96. The molecule has 1 heterocycles. The standard InChI is InChI=1S/C27H27F3N4O3/c1-17(32-19(16-31)8-15-25(35)36)26-33-23-4-2-3-5-24(23)34(26)20-9-13-22(14-10-20)37-21-11-6-18(7-12-21)27(28,29)30/h2-7,9-14,17,19,32H,8,15-16,31H2,1H3,(H,35,36). The van der Waals surface area contributed by atoms with Gasteiger partial charge < -0.3 is 20.9 Å². The van der Waals surface area contributed by atoms with Crippen molar-refractivity contribution in [1.29, 1.82) is 0 Å². The van der Waals surface area contributed by atoms with Crippen LogP contribution in [0.15, 0.2) is 72.8 Å². The molecule has 1 aromatic heterocycles. The van der Waals surface area contributed by atoms with E-state index in [1.165, 1.54) is 12.1 Å². The Morgan fingerprint density at radius 2 is 1.68 bits per heavy atom. The van der Waals surface area contributed by atoms with E-state index in [1.54, 1.807) is 12.1 Å². The smallest absolute Gasteiger partial charge is 0.416 e. The predicted molar refractivity (Wildman–Crippen MR) is 134 cm³/mol. The van der Waals surface area contributed by atoms with E-state index in [-0.39, 0.29) is 25.0 Å². The van der Waals surface area contributed by atoms with Crippen molar-refractivity contribution >= 4 is 17.0 Å². The molecule has 2 atom stereocenters.